The lowest BCUT2D eigenvalue weighted by Gasteiger charge is -2.38. The SMILES string of the molecule is CCC=CCC1CCC(C2CCC(CCC3CC=C(c4ccc(C)c(F)c4F)CC3)CO2)CC1. The van der Waals surface area contributed by atoms with Crippen LogP contribution in [0.2, 0.25) is 0 Å². The Morgan fingerprint density at radius 1 is 0.882 bits per heavy atom. The molecule has 0 amide bonds. The summed E-state index contributed by atoms with van der Waals surface area (Å²) in [6, 6.07) is 3.43. The van der Waals surface area contributed by atoms with E-state index >= 15 is 0 Å². The summed E-state index contributed by atoms with van der Waals surface area (Å²) in [7, 11) is 0. The number of benzene rings is 1. The van der Waals surface area contributed by atoms with Crippen LogP contribution < -0.4 is 0 Å². The summed E-state index contributed by atoms with van der Waals surface area (Å²) in [4.78, 5) is 0. The van der Waals surface area contributed by atoms with Crippen LogP contribution in [-0.4, -0.2) is 12.7 Å². The highest BCUT2D eigenvalue weighted by Crippen LogP contribution is 2.39. The van der Waals surface area contributed by atoms with E-state index in [0.29, 0.717) is 29.1 Å². The Morgan fingerprint density at radius 2 is 1.65 bits per heavy atom. The molecule has 0 bridgehead atoms. The third-order valence-electron chi connectivity index (χ3n) is 8.82. The lowest BCUT2D eigenvalue weighted by atomic mass is 9.75. The third kappa shape index (κ3) is 6.59. The Morgan fingerprint density at radius 3 is 2.32 bits per heavy atom. The molecule has 0 aromatic heterocycles. The van der Waals surface area contributed by atoms with Crippen LogP contribution >= 0.6 is 0 Å². The van der Waals surface area contributed by atoms with Gasteiger partial charge in [-0.2, -0.15) is 0 Å². The monoisotopic (exact) mass is 470 g/mol. The molecule has 34 heavy (non-hydrogen) atoms. The number of hydrogen-bond acceptors (Lipinski definition) is 1. The number of hydrogen-bond donors (Lipinski definition) is 0. The second-order valence-electron chi connectivity index (χ2n) is 11.2. The van der Waals surface area contributed by atoms with Crippen LogP contribution in [0.4, 0.5) is 8.78 Å². The first kappa shape index (κ1) is 25.6. The van der Waals surface area contributed by atoms with Gasteiger partial charge in [-0.05, 0) is 125 Å². The van der Waals surface area contributed by atoms with Gasteiger partial charge in [-0.25, -0.2) is 8.78 Å². The van der Waals surface area contributed by atoms with Crippen molar-refractivity contribution in [2.45, 2.75) is 103 Å². The van der Waals surface area contributed by atoms with Gasteiger partial charge in [-0.1, -0.05) is 37.3 Å². The smallest absolute Gasteiger partial charge is 0.166 e. The zero-order chi connectivity index (χ0) is 23.9. The molecule has 1 saturated carbocycles. The van der Waals surface area contributed by atoms with Gasteiger partial charge < -0.3 is 4.74 Å². The van der Waals surface area contributed by atoms with Gasteiger partial charge >= 0.3 is 0 Å². The van der Waals surface area contributed by atoms with Crippen molar-refractivity contribution in [3.8, 4) is 0 Å². The maximum atomic E-state index is 14.4. The molecule has 1 aromatic rings. The Hall–Kier alpha value is -1.48. The van der Waals surface area contributed by atoms with E-state index in [1.54, 1.807) is 19.1 Å². The van der Waals surface area contributed by atoms with Crippen molar-refractivity contribution in [1.82, 2.24) is 0 Å². The molecule has 1 nitrogen and oxygen atoms in total. The lowest BCUT2D eigenvalue weighted by Crippen LogP contribution is -2.34. The number of aryl methyl sites for hydroxylation is 1. The Labute approximate surface area is 206 Å². The summed E-state index contributed by atoms with van der Waals surface area (Å²) in [6.45, 7) is 4.76. The molecule has 3 heteroatoms. The highest BCUT2D eigenvalue weighted by molar-refractivity contribution is 5.67. The van der Waals surface area contributed by atoms with Gasteiger partial charge in [0, 0.05) is 12.2 Å². The van der Waals surface area contributed by atoms with Crippen molar-refractivity contribution in [3.05, 3.63) is 53.1 Å². The molecule has 1 heterocycles. The second-order valence-corrected chi connectivity index (χ2v) is 11.2. The molecule has 3 atom stereocenters. The quantitative estimate of drug-likeness (QED) is 0.344. The van der Waals surface area contributed by atoms with Crippen LogP contribution in [0.5, 0.6) is 0 Å². The fourth-order valence-electron chi connectivity index (χ4n) is 6.44. The van der Waals surface area contributed by atoms with Gasteiger partial charge in [-0.3, -0.25) is 0 Å². The maximum Gasteiger partial charge on any atom is 0.166 e. The van der Waals surface area contributed by atoms with E-state index < -0.39 is 11.6 Å². The molecule has 2 aliphatic carbocycles. The van der Waals surface area contributed by atoms with Gasteiger partial charge in [0.25, 0.3) is 0 Å². The predicted molar refractivity (Wildman–Crippen MR) is 138 cm³/mol. The molecule has 2 fully saturated rings. The molecule has 0 radical (unpaired) electrons. The van der Waals surface area contributed by atoms with Crippen LogP contribution in [0.15, 0.2) is 30.4 Å². The van der Waals surface area contributed by atoms with Crippen molar-refractivity contribution in [1.29, 1.82) is 0 Å². The normalized spacial score (nSPS) is 30.5. The minimum Gasteiger partial charge on any atom is -0.378 e. The van der Waals surface area contributed by atoms with E-state index in [2.05, 4.69) is 25.2 Å². The average Bonchev–Trinajstić information content (AvgIpc) is 2.88. The summed E-state index contributed by atoms with van der Waals surface area (Å²) >= 11 is 0. The highest BCUT2D eigenvalue weighted by Gasteiger charge is 2.31. The minimum atomic E-state index is -0.701. The van der Waals surface area contributed by atoms with Gasteiger partial charge in [-0.15, -0.1) is 0 Å². The molecular weight excluding hydrogens is 426 g/mol. The van der Waals surface area contributed by atoms with Crippen molar-refractivity contribution < 1.29 is 13.5 Å². The number of allylic oxidation sites excluding steroid dienone is 4. The van der Waals surface area contributed by atoms with Crippen molar-refractivity contribution in [2.75, 3.05) is 6.61 Å². The largest absolute Gasteiger partial charge is 0.378 e. The van der Waals surface area contributed by atoms with Gasteiger partial charge in [0.2, 0.25) is 0 Å². The Kier molecular flexibility index (Phi) is 9.39. The van der Waals surface area contributed by atoms with E-state index in [9.17, 15) is 8.78 Å². The van der Waals surface area contributed by atoms with Crippen LogP contribution in [-0.2, 0) is 4.74 Å². The molecule has 0 N–H and O–H groups in total. The van der Waals surface area contributed by atoms with Gasteiger partial charge in [0.15, 0.2) is 11.6 Å². The molecular formula is C31H44F2O. The molecule has 1 saturated heterocycles. The van der Waals surface area contributed by atoms with Gasteiger partial charge in [0.1, 0.15) is 0 Å². The lowest BCUT2D eigenvalue weighted by molar-refractivity contribution is -0.0601. The second kappa shape index (κ2) is 12.5. The molecule has 1 aliphatic heterocycles. The fourth-order valence-corrected chi connectivity index (χ4v) is 6.44. The van der Waals surface area contributed by atoms with Gasteiger partial charge in [0.05, 0.1) is 6.10 Å². The van der Waals surface area contributed by atoms with Crippen LogP contribution in [0.1, 0.15) is 102 Å². The van der Waals surface area contributed by atoms with Crippen molar-refractivity contribution in [2.24, 2.45) is 23.7 Å². The Balaban J connectivity index is 1.15. The van der Waals surface area contributed by atoms with Crippen LogP contribution in [0.25, 0.3) is 5.57 Å². The van der Waals surface area contributed by atoms with E-state index in [-0.39, 0.29) is 0 Å². The minimum absolute atomic E-state index is 0.375. The van der Waals surface area contributed by atoms with Crippen molar-refractivity contribution in [3.63, 3.8) is 0 Å². The van der Waals surface area contributed by atoms with E-state index in [1.807, 2.05) is 0 Å². The first-order valence-corrected chi connectivity index (χ1v) is 14.0. The number of ether oxygens (including phenoxy) is 1. The topological polar surface area (TPSA) is 9.23 Å². The van der Waals surface area contributed by atoms with Crippen LogP contribution in [0.3, 0.4) is 0 Å². The summed E-state index contributed by atoms with van der Waals surface area (Å²) in [5, 5.41) is 0. The molecule has 188 valence electrons. The van der Waals surface area contributed by atoms with Crippen molar-refractivity contribution >= 4 is 5.57 Å². The zero-order valence-electron chi connectivity index (χ0n) is 21.3. The van der Waals surface area contributed by atoms with Crippen LogP contribution in [0, 0.1) is 42.2 Å². The first-order chi connectivity index (χ1) is 16.5. The molecule has 3 aliphatic rings. The van der Waals surface area contributed by atoms with E-state index in [4.69, 9.17) is 4.74 Å². The summed E-state index contributed by atoms with van der Waals surface area (Å²) in [5.74, 6) is 1.65. The van der Waals surface area contributed by atoms with E-state index in [1.165, 1.54) is 57.8 Å². The number of halogens is 2. The maximum absolute atomic E-state index is 14.4. The fraction of sp³-hybridized carbons (Fsp3) is 0.677. The summed E-state index contributed by atoms with van der Waals surface area (Å²) < 4.78 is 34.7. The highest BCUT2D eigenvalue weighted by atomic mass is 19.2. The zero-order valence-corrected chi connectivity index (χ0v) is 21.3. The predicted octanol–water partition coefficient (Wildman–Crippen LogP) is 9.19. The molecule has 3 unspecified atom stereocenters. The molecule has 4 rings (SSSR count). The average molecular weight is 471 g/mol. The molecule has 1 aromatic carbocycles. The van der Waals surface area contributed by atoms with E-state index in [0.717, 1.165) is 49.7 Å². The third-order valence-corrected chi connectivity index (χ3v) is 8.82. The summed E-state index contributed by atoms with van der Waals surface area (Å²) in [5.41, 5.74) is 1.81. The molecule has 0 spiro atoms. The Bertz CT molecular complexity index is 841. The summed E-state index contributed by atoms with van der Waals surface area (Å²) in [6.07, 6.45) is 23.1. The first-order valence-electron chi connectivity index (χ1n) is 14.0. The standard InChI is InChI=1S/C31H44F2O/c1-3-4-5-6-23-12-17-27(18-13-23)29-20-14-25(21-34-29)9-8-24-10-15-26(16-11-24)28-19-7-22(2)30(32)31(28)33/h4-5,7,15,19,23-25,27,29H,3,6,8-14,16-18,20-21H2,1-2H3. The number of rotatable bonds is 8.